The monoisotopic (exact) mass is 822 g/mol. The maximum atomic E-state index is 14.6. The molecular formula is C33H34N4O15S3. The fourth-order valence-electron chi connectivity index (χ4n) is 5.97. The Balaban J connectivity index is 1.62. The number of benzene rings is 3. The van der Waals surface area contributed by atoms with E-state index in [1.807, 2.05) is 0 Å². The molecule has 0 saturated heterocycles. The van der Waals surface area contributed by atoms with Crippen molar-refractivity contribution >= 4 is 58.9 Å². The zero-order chi connectivity index (χ0) is 40.5. The Morgan fingerprint density at radius 2 is 1.47 bits per heavy atom. The summed E-state index contributed by atoms with van der Waals surface area (Å²) in [4.78, 5) is 27.7. The molecule has 1 aliphatic carbocycles. The van der Waals surface area contributed by atoms with Gasteiger partial charge < -0.3 is 30.3 Å². The fourth-order valence-corrected chi connectivity index (χ4v) is 8.94. The average Bonchev–Trinajstić information content (AvgIpc) is 3.40. The van der Waals surface area contributed by atoms with Crippen LogP contribution in [0.2, 0.25) is 0 Å². The van der Waals surface area contributed by atoms with E-state index >= 15 is 0 Å². The highest BCUT2D eigenvalue weighted by atomic mass is 32.2. The number of hydrogen-bond acceptors (Lipinski definition) is 14. The van der Waals surface area contributed by atoms with E-state index in [1.54, 1.807) is 0 Å². The van der Waals surface area contributed by atoms with Crippen molar-refractivity contribution in [3.8, 4) is 34.2 Å². The number of unbranched alkanes of at least 4 members (excludes halogenated alkanes) is 2. The molecule has 294 valence electrons. The highest BCUT2D eigenvalue weighted by molar-refractivity contribution is 7.89. The highest BCUT2D eigenvalue weighted by Crippen LogP contribution is 2.46. The molecule has 1 aliphatic heterocycles. The molecule has 5 rings (SSSR count). The van der Waals surface area contributed by atoms with E-state index in [9.17, 15) is 59.3 Å². The molecule has 3 aromatic rings. The number of aromatic carboxylic acids is 1. The molecule has 2 aromatic carbocycles. The normalized spacial score (nSPS) is 12.4. The second-order valence-corrected chi connectivity index (χ2v) is 16.9. The van der Waals surface area contributed by atoms with Gasteiger partial charge in [0, 0.05) is 48.2 Å². The van der Waals surface area contributed by atoms with Gasteiger partial charge in [-0.2, -0.15) is 21.1 Å². The number of nitrogen functional groups attached to an aromatic ring is 1. The number of fused-ring (bicyclic) bond motifs is 2. The second kappa shape index (κ2) is 15.7. The van der Waals surface area contributed by atoms with Crippen molar-refractivity contribution in [2.45, 2.75) is 41.9 Å². The largest absolute Gasteiger partial charge is 0.492 e. The van der Waals surface area contributed by atoms with Crippen molar-refractivity contribution in [2.24, 2.45) is 0 Å². The summed E-state index contributed by atoms with van der Waals surface area (Å²) in [5.41, 5.74) is 4.81. The standard InChI is InChI=1S/C33H34N4O15S3/c34-23-12-10-21-28(19-7-3-4-8-20(19)33(41)42)22-11-13-24(35)32(55(48,49)50)30(22)51-29(21)31(23)54(46,47)36(17-6-18-53(43,44)45)16-5-1-2-9-27(40)52-37-25(38)14-15-26(37)39/h3-4,7-8,10-15,35,38-39H,1-2,5-6,9,16-18,34H2,(H,41,42)(H,43,44,45)(H,48,49,50). The quantitative estimate of drug-likeness (QED) is 0.0326. The number of carbonyl (C=O) groups is 2. The summed E-state index contributed by atoms with van der Waals surface area (Å²) < 4.78 is 104. The summed E-state index contributed by atoms with van der Waals surface area (Å²) in [7, 11) is -14.6. The van der Waals surface area contributed by atoms with Crippen molar-refractivity contribution in [3.63, 3.8) is 0 Å². The van der Waals surface area contributed by atoms with Crippen LogP contribution >= 0.6 is 0 Å². The summed E-state index contributed by atoms with van der Waals surface area (Å²) in [5.74, 6) is -4.81. The lowest BCUT2D eigenvalue weighted by Crippen LogP contribution is -2.34. The van der Waals surface area contributed by atoms with E-state index in [1.165, 1.54) is 42.5 Å². The van der Waals surface area contributed by atoms with Gasteiger partial charge in [0.2, 0.25) is 21.8 Å². The summed E-state index contributed by atoms with van der Waals surface area (Å²) >= 11 is 0. The van der Waals surface area contributed by atoms with Gasteiger partial charge >= 0.3 is 11.9 Å². The van der Waals surface area contributed by atoms with Crippen molar-refractivity contribution in [1.29, 1.82) is 5.41 Å². The van der Waals surface area contributed by atoms with E-state index < -0.39 is 105 Å². The number of carboxylic acid groups (broad SMARTS) is 1. The molecule has 0 fully saturated rings. The molecule has 0 unspecified atom stereocenters. The topological polar surface area (TPSA) is 318 Å². The van der Waals surface area contributed by atoms with E-state index in [0.717, 1.165) is 22.5 Å². The third-order valence-corrected chi connectivity index (χ3v) is 12.1. The molecule has 0 radical (unpaired) electrons. The smallest absolute Gasteiger partial charge is 0.336 e. The summed E-state index contributed by atoms with van der Waals surface area (Å²) in [6.07, 6.45) is -0.216. The number of hydrogen-bond donors (Lipinski definition) is 7. The van der Waals surface area contributed by atoms with E-state index in [2.05, 4.69) is 0 Å². The van der Waals surface area contributed by atoms with Crippen LogP contribution in [0.1, 0.15) is 42.5 Å². The number of aromatic nitrogens is 1. The minimum Gasteiger partial charge on any atom is -0.492 e. The lowest BCUT2D eigenvalue weighted by Gasteiger charge is -2.25. The minimum absolute atomic E-state index is 0.0151. The van der Waals surface area contributed by atoms with E-state index in [0.29, 0.717) is 4.73 Å². The minimum atomic E-state index is -5.23. The molecule has 19 nitrogen and oxygen atoms in total. The van der Waals surface area contributed by atoms with Crippen molar-refractivity contribution in [2.75, 3.05) is 24.6 Å². The van der Waals surface area contributed by atoms with Crippen LogP contribution in [0.25, 0.3) is 33.4 Å². The molecule has 8 N–H and O–H groups in total. The van der Waals surface area contributed by atoms with Crippen LogP contribution in [-0.2, 0) is 35.1 Å². The zero-order valence-electron chi connectivity index (χ0n) is 28.4. The third-order valence-electron chi connectivity index (χ3n) is 8.37. The van der Waals surface area contributed by atoms with Crippen LogP contribution in [-0.4, -0.2) is 89.5 Å². The molecule has 55 heavy (non-hydrogen) atoms. The Labute approximate surface area is 313 Å². The molecule has 1 aromatic heterocycles. The number of anilines is 1. The lowest BCUT2D eigenvalue weighted by atomic mass is 9.90. The van der Waals surface area contributed by atoms with Gasteiger partial charge in [0.15, 0.2) is 16.2 Å². The molecule has 2 heterocycles. The van der Waals surface area contributed by atoms with Crippen LogP contribution in [0.3, 0.4) is 0 Å². The van der Waals surface area contributed by atoms with Crippen LogP contribution in [0, 0.1) is 5.41 Å². The first-order chi connectivity index (χ1) is 25.7. The van der Waals surface area contributed by atoms with Gasteiger partial charge in [0.05, 0.1) is 22.4 Å². The Morgan fingerprint density at radius 3 is 2.11 bits per heavy atom. The Morgan fingerprint density at radius 1 is 0.818 bits per heavy atom. The van der Waals surface area contributed by atoms with Crippen molar-refractivity contribution < 1.29 is 68.5 Å². The highest BCUT2D eigenvalue weighted by Gasteiger charge is 2.34. The lowest BCUT2D eigenvalue weighted by molar-refractivity contribution is -0.145. The van der Waals surface area contributed by atoms with Gasteiger partial charge in [-0.15, -0.1) is 4.73 Å². The molecule has 0 spiro atoms. The van der Waals surface area contributed by atoms with Gasteiger partial charge in [-0.25, -0.2) is 18.0 Å². The van der Waals surface area contributed by atoms with Crippen LogP contribution < -0.4 is 15.9 Å². The average molecular weight is 823 g/mol. The number of carbonyl (C=O) groups excluding carboxylic acids is 1. The molecular weight excluding hydrogens is 789 g/mol. The first-order valence-electron chi connectivity index (χ1n) is 16.1. The van der Waals surface area contributed by atoms with Gasteiger partial charge in [0.25, 0.3) is 20.2 Å². The van der Waals surface area contributed by atoms with Crippen molar-refractivity contribution in [1.82, 2.24) is 9.04 Å². The number of aromatic hydroxyl groups is 2. The van der Waals surface area contributed by atoms with Crippen LogP contribution in [0.15, 0.2) is 74.9 Å². The number of carboxylic acids is 1. The van der Waals surface area contributed by atoms with E-state index in [4.69, 9.17) is 20.4 Å². The first kappa shape index (κ1) is 40.7. The maximum absolute atomic E-state index is 14.6. The molecule has 2 aliphatic rings. The van der Waals surface area contributed by atoms with Crippen molar-refractivity contribution in [3.05, 3.63) is 71.6 Å². The summed E-state index contributed by atoms with van der Waals surface area (Å²) in [6.45, 7) is -0.811. The summed E-state index contributed by atoms with van der Waals surface area (Å²) in [6, 6.07) is 12.5. The second-order valence-electron chi connectivity index (χ2n) is 12.1. The van der Waals surface area contributed by atoms with E-state index in [-0.39, 0.29) is 59.9 Å². The van der Waals surface area contributed by atoms with Gasteiger partial charge in [-0.05, 0) is 55.2 Å². The maximum Gasteiger partial charge on any atom is 0.336 e. The Bertz CT molecular complexity index is 2650. The Hall–Kier alpha value is -5.52. The molecule has 0 amide bonds. The third kappa shape index (κ3) is 8.74. The van der Waals surface area contributed by atoms with Gasteiger partial charge in [-0.1, -0.05) is 24.6 Å². The van der Waals surface area contributed by atoms with Gasteiger partial charge in [-0.3, -0.25) is 14.5 Å². The number of nitrogens with one attached hydrogen (secondary N) is 1. The number of nitrogens with two attached hydrogens (primary N) is 1. The SMILES string of the molecule is N=c1ccc2c(-c3ccccc3C(=O)O)c3ccc(N)c(S(=O)(=O)N(CCCCCC(=O)On4c(O)ccc4O)CCCS(=O)(=O)O)c3oc-2c1S(=O)(=O)O. The fraction of sp³-hybridized carbons (Fsp3) is 0.242. The molecule has 0 saturated carbocycles. The predicted molar refractivity (Wildman–Crippen MR) is 193 cm³/mol. The molecule has 0 bridgehead atoms. The molecule has 0 atom stereocenters. The first-order valence-corrected chi connectivity index (χ1v) is 20.6. The van der Waals surface area contributed by atoms with Crippen LogP contribution in [0.4, 0.5) is 5.69 Å². The molecule has 22 heteroatoms. The summed E-state index contributed by atoms with van der Waals surface area (Å²) in [5, 5.41) is 36.8. The predicted octanol–water partition coefficient (Wildman–Crippen LogP) is 2.91. The number of sulfonamides is 1. The van der Waals surface area contributed by atoms with Gasteiger partial charge in [0.1, 0.15) is 4.90 Å². The number of rotatable bonds is 16. The van der Waals surface area contributed by atoms with Crippen LogP contribution in [0.5, 0.6) is 11.8 Å². The number of nitrogens with zero attached hydrogens (tertiary/aromatic N) is 2. The zero-order valence-corrected chi connectivity index (χ0v) is 30.9. The Kier molecular flexibility index (Phi) is 11.6.